The molecule has 2 aliphatic rings. The summed E-state index contributed by atoms with van der Waals surface area (Å²) in [5, 5.41) is 0. The molecule has 0 aromatic heterocycles. The summed E-state index contributed by atoms with van der Waals surface area (Å²) in [5.41, 5.74) is 1.03. The number of nitrogens with zero attached hydrogens (tertiary/aromatic N) is 1. The number of rotatable bonds is 3. The van der Waals surface area contributed by atoms with Gasteiger partial charge in [0.25, 0.3) is 0 Å². The molecule has 0 radical (unpaired) electrons. The van der Waals surface area contributed by atoms with Crippen LogP contribution in [0.2, 0.25) is 0 Å². The van der Waals surface area contributed by atoms with Crippen LogP contribution in [-0.2, 0) is 16.1 Å². The average Bonchev–Trinajstić information content (AvgIpc) is 2.92. The SMILES string of the molecule is COc1ccccc1CN1CCC2(CCCO2)CCC1=O. The van der Waals surface area contributed by atoms with Crippen LogP contribution in [0, 0.1) is 0 Å². The second-order valence-corrected chi connectivity index (χ2v) is 6.01. The van der Waals surface area contributed by atoms with Crippen molar-refractivity contribution in [3.05, 3.63) is 29.8 Å². The molecule has 0 bridgehead atoms. The third-order valence-corrected chi connectivity index (χ3v) is 4.72. The highest BCUT2D eigenvalue weighted by Crippen LogP contribution is 2.36. The van der Waals surface area contributed by atoms with E-state index in [1.54, 1.807) is 7.11 Å². The zero-order chi connectivity index (χ0) is 14.7. The smallest absolute Gasteiger partial charge is 0.222 e. The van der Waals surface area contributed by atoms with E-state index in [0.717, 1.165) is 50.1 Å². The summed E-state index contributed by atoms with van der Waals surface area (Å²) in [4.78, 5) is 14.3. The molecule has 1 unspecified atom stereocenters. The Balaban J connectivity index is 1.71. The van der Waals surface area contributed by atoms with Crippen molar-refractivity contribution in [2.24, 2.45) is 0 Å². The monoisotopic (exact) mass is 289 g/mol. The molecule has 0 aliphatic carbocycles. The molecule has 1 spiro atoms. The van der Waals surface area contributed by atoms with Gasteiger partial charge in [-0.15, -0.1) is 0 Å². The molecule has 4 nitrogen and oxygen atoms in total. The predicted molar refractivity (Wildman–Crippen MR) is 80.2 cm³/mol. The van der Waals surface area contributed by atoms with Crippen molar-refractivity contribution in [2.75, 3.05) is 20.3 Å². The van der Waals surface area contributed by atoms with E-state index >= 15 is 0 Å². The Kier molecular flexibility index (Phi) is 4.15. The van der Waals surface area contributed by atoms with Gasteiger partial charge in [-0.1, -0.05) is 18.2 Å². The van der Waals surface area contributed by atoms with E-state index in [0.29, 0.717) is 13.0 Å². The van der Waals surface area contributed by atoms with Crippen molar-refractivity contribution in [1.29, 1.82) is 0 Å². The first kappa shape index (κ1) is 14.4. The molecule has 1 aromatic rings. The number of carbonyl (C=O) groups excluding carboxylic acids is 1. The summed E-state index contributed by atoms with van der Waals surface area (Å²) in [7, 11) is 1.67. The lowest BCUT2D eigenvalue weighted by atomic mass is 9.92. The maximum Gasteiger partial charge on any atom is 0.222 e. The van der Waals surface area contributed by atoms with E-state index in [1.807, 2.05) is 29.2 Å². The Hall–Kier alpha value is -1.55. The Morgan fingerprint density at radius 3 is 2.90 bits per heavy atom. The summed E-state index contributed by atoms with van der Waals surface area (Å²) < 4.78 is 11.3. The van der Waals surface area contributed by atoms with E-state index in [9.17, 15) is 4.79 Å². The summed E-state index contributed by atoms with van der Waals surface area (Å²) in [6.45, 7) is 2.25. The van der Waals surface area contributed by atoms with Gasteiger partial charge in [0, 0.05) is 31.7 Å². The third-order valence-electron chi connectivity index (χ3n) is 4.72. The van der Waals surface area contributed by atoms with Crippen molar-refractivity contribution in [3.63, 3.8) is 0 Å². The summed E-state index contributed by atoms with van der Waals surface area (Å²) in [6.07, 6.45) is 4.64. The van der Waals surface area contributed by atoms with Gasteiger partial charge in [-0.3, -0.25) is 4.79 Å². The van der Waals surface area contributed by atoms with Gasteiger partial charge in [0.1, 0.15) is 5.75 Å². The number of ether oxygens (including phenoxy) is 2. The van der Waals surface area contributed by atoms with Crippen molar-refractivity contribution in [1.82, 2.24) is 4.90 Å². The van der Waals surface area contributed by atoms with Crippen LogP contribution < -0.4 is 4.74 Å². The lowest BCUT2D eigenvalue weighted by Gasteiger charge is -2.27. The van der Waals surface area contributed by atoms with E-state index in [-0.39, 0.29) is 11.5 Å². The Morgan fingerprint density at radius 2 is 2.14 bits per heavy atom. The van der Waals surface area contributed by atoms with Crippen LogP contribution in [0.15, 0.2) is 24.3 Å². The molecule has 1 atom stereocenters. The standard InChI is InChI=1S/C17H23NO3/c1-20-15-6-3-2-5-14(15)13-18-11-10-17(8-4-12-21-17)9-7-16(18)19/h2-3,5-6H,4,7-13H2,1H3. The first-order chi connectivity index (χ1) is 10.2. The maximum atomic E-state index is 12.4. The fourth-order valence-corrected chi connectivity index (χ4v) is 3.44. The third kappa shape index (κ3) is 3.05. The number of amides is 1. The van der Waals surface area contributed by atoms with Crippen LogP contribution in [-0.4, -0.2) is 36.7 Å². The second kappa shape index (κ2) is 6.06. The summed E-state index contributed by atoms with van der Waals surface area (Å²) in [6, 6.07) is 7.91. The molecule has 114 valence electrons. The van der Waals surface area contributed by atoms with E-state index < -0.39 is 0 Å². The number of para-hydroxylation sites is 1. The first-order valence-electron chi connectivity index (χ1n) is 7.76. The van der Waals surface area contributed by atoms with Gasteiger partial charge in [0.05, 0.1) is 12.7 Å². The van der Waals surface area contributed by atoms with E-state index in [1.165, 1.54) is 0 Å². The molecule has 1 amide bonds. The van der Waals surface area contributed by atoms with E-state index in [2.05, 4.69) is 0 Å². The molecule has 3 rings (SSSR count). The molecule has 0 N–H and O–H groups in total. The number of hydrogen-bond acceptors (Lipinski definition) is 3. The summed E-state index contributed by atoms with van der Waals surface area (Å²) >= 11 is 0. The molecule has 21 heavy (non-hydrogen) atoms. The van der Waals surface area contributed by atoms with Crippen molar-refractivity contribution in [2.45, 2.75) is 44.2 Å². The van der Waals surface area contributed by atoms with Gasteiger partial charge in [-0.2, -0.15) is 0 Å². The van der Waals surface area contributed by atoms with Gasteiger partial charge in [0.15, 0.2) is 0 Å². The van der Waals surface area contributed by atoms with Gasteiger partial charge in [-0.25, -0.2) is 0 Å². The largest absolute Gasteiger partial charge is 0.496 e. The average molecular weight is 289 g/mol. The van der Waals surface area contributed by atoms with Gasteiger partial charge < -0.3 is 14.4 Å². The highest BCUT2D eigenvalue weighted by atomic mass is 16.5. The molecule has 2 aliphatic heterocycles. The highest BCUT2D eigenvalue weighted by molar-refractivity contribution is 5.76. The fraction of sp³-hybridized carbons (Fsp3) is 0.588. The maximum absolute atomic E-state index is 12.4. The molecule has 2 fully saturated rings. The van der Waals surface area contributed by atoms with Crippen LogP contribution in [0.25, 0.3) is 0 Å². The zero-order valence-electron chi connectivity index (χ0n) is 12.6. The number of likely N-dealkylation sites (tertiary alicyclic amines) is 1. The minimum absolute atomic E-state index is 0.0365. The van der Waals surface area contributed by atoms with Crippen molar-refractivity contribution in [3.8, 4) is 5.75 Å². The van der Waals surface area contributed by atoms with Gasteiger partial charge >= 0.3 is 0 Å². The minimum atomic E-state index is -0.0365. The Morgan fingerprint density at radius 1 is 1.29 bits per heavy atom. The zero-order valence-corrected chi connectivity index (χ0v) is 12.6. The van der Waals surface area contributed by atoms with Crippen LogP contribution in [0.1, 0.15) is 37.7 Å². The molecule has 4 heteroatoms. The number of methoxy groups -OCH3 is 1. The van der Waals surface area contributed by atoms with Crippen LogP contribution in [0.4, 0.5) is 0 Å². The Labute approximate surface area is 126 Å². The van der Waals surface area contributed by atoms with Crippen LogP contribution >= 0.6 is 0 Å². The molecule has 2 heterocycles. The minimum Gasteiger partial charge on any atom is -0.496 e. The molecule has 0 saturated carbocycles. The van der Waals surface area contributed by atoms with Gasteiger partial charge in [0.2, 0.25) is 5.91 Å². The summed E-state index contributed by atoms with van der Waals surface area (Å²) in [5.74, 6) is 1.08. The number of hydrogen-bond donors (Lipinski definition) is 0. The molecular formula is C17H23NO3. The van der Waals surface area contributed by atoms with Crippen molar-refractivity contribution >= 4 is 5.91 Å². The first-order valence-corrected chi connectivity index (χ1v) is 7.76. The van der Waals surface area contributed by atoms with Crippen molar-refractivity contribution < 1.29 is 14.3 Å². The lowest BCUT2D eigenvalue weighted by molar-refractivity contribution is -0.131. The second-order valence-electron chi connectivity index (χ2n) is 6.01. The quantitative estimate of drug-likeness (QED) is 0.859. The lowest BCUT2D eigenvalue weighted by Crippen LogP contribution is -2.32. The van der Waals surface area contributed by atoms with Gasteiger partial charge in [-0.05, 0) is 31.7 Å². The highest BCUT2D eigenvalue weighted by Gasteiger charge is 2.38. The normalized spacial score (nSPS) is 26.1. The molecular weight excluding hydrogens is 266 g/mol. The van der Waals surface area contributed by atoms with Crippen LogP contribution in [0.3, 0.4) is 0 Å². The van der Waals surface area contributed by atoms with E-state index in [4.69, 9.17) is 9.47 Å². The number of benzene rings is 1. The van der Waals surface area contributed by atoms with Crippen LogP contribution in [0.5, 0.6) is 5.75 Å². The molecule has 1 aromatic carbocycles. The topological polar surface area (TPSA) is 38.8 Å². The predicted octanol–water partition coefficient (Wildman–Crippen LogP) is 2.76. The fourth-order valence-electron chi connectivity index (χ4n) is 3.44. The number of carbonyl (C=O) groups is 1. The Bertz CT molecular complexity index is 509. The molecule has 2 saturated heterocycles.